The maximum absolute atomic E-state index is 13.3. The van der Waals surface area contributed by atoms with E-state index in [1.54, 1.807) is 18.3 Å². The molecule has 0 bridgehead atoms. The van der Waals surface area contributed by atoms with Crippen LogP contribution in [-0.2, 0) is 4.43 Å². The molecule has 7 heteroatoms. The first-order valence-corrected chi connectivity index (χ1v) is 15.2. The minimum Gasteiger partial charge on any atom is -0.417 e. The molecule has 4 aromatic rings. The number of pyridine rings is 1. The number of fused-ring (bicyclic) bond motifs is 2. The van der Waals surface area contributed by atoms with Gasteiger partial charge < -0.3 is 9.74 Å². The molecule has 0 saturated heterocycles. The van der Waals surface area contributed by atoms with E-state index in [-0.39, 0.29) is 16.5 Å². The number of aromatic nitrogens is 2. The molecule has 0 aliphatic heterocycles. The molecule has 1 amide bonds. The van der Waals surface area contributed by atoms with Crippen LogP contribution in [0.25, 0.3) is 27.7 Å². The number of unbranched alkanes of at least 4 members (excludes halogenated alkanes) is 1. The van der Waals surface area contributed by atoms with Gasteiger partial charge in [0, 0.05) is 19.3 Å². The van der Waals surface area contributed by atoms with E-state index < -0.39 is 8.32 Å². The second kappa shape index (κ2) is 10.4. The SMILES string of the molecule is CC(C)(C)[Si](C)(C)OCC[CH]CNC(=O)c1cccn2c(=O)c3cc(-c4ccccc4)ccc3nc12. The van der Waals surface area contributed by atoms with Crippen molar-refractivity contribution in [3.8, 4) is 11.1 Å². The highest BCUT2D eigenvalue weighted by molar-refractivity contribution is 6.74. The van der Waals surface area contributed by atoms with E-state index in [0.717, 1.165) is 17.5 Å². The van der Waals surface area contributed by atoms with Gasteiger partial charge in [0.05, 0.1) is 16.5 Å². The van der Waals surface area contributed by atoms with Crippen LogP contribution in [0.2, 0.25) is 18.1 Å². The van der Waals surface area contributed by atoms with Gasteiger partial charge in [0.2, 0.25) is 0 Å². The third kappa shape index (κ3) is 5.42. The van der Waals surface area contributed by atoms with Crippen LogP contribution in [0, 0.1) is 6.42 Å². The van der Waals surface area contributed by atoms with Crippen LogP contribution in [0.15, 0.2) is 71.7 Å². The average Bonchev–Trinajstić information content (AvgIpc) is 2.85. The third-order valence-electron chi connectivity index (χ3n) is 6.99. The summed E-state index contributed by atoms with van der Waals surface area (Å²) in [6.45, 7) is 12.2. The van der Waals surface area contributed by atoms with Gasteiger partial charge in [-0.15, -0.1) is 0 Å². The molecule has 1 radical (unpaired) electrons. The molecule has 6 nitrogen and oxygen atoms in total. The number of benzene rings is 2. The maximum Gasteiger partial charge on any atom is 0.265 e. The Morgan fingerprint density at radius 2 is 1.81 bits per heavy atom. The molecule has 187 valence electrons. The molecular weight excluding hydrogens is 466 g/mol. The maximum atomic E-state index is 13.3. The van der Waals surface area contributed by atoms with Gasteiger partial charge in [0.15, 0.2) is 14.0 Å². The number of nitrogens with one attached hydrogen (secondary N) is 1. The van der Waals surface area contributed by atoms with Crippen molar-refractivity contribution in [2.24, 2.45) is 0 Å². The molecule has 0 unspecified atom stereocenters. The fourth-order valence-corrected chi connectivity index (χ4v) is 4.85. The zero-order valence-electron chi connectivity index (χ0n) is 21.7. The van der Waals surface area contributed by atoms with Crippen LogP contribution < -0.4 is 10.9 Å². The first kappa shape index (κ1) is 25.8. The molecule has 0 aliphatic carbocycles. The second-order valence-corrected chi connectivity index (χ2v) is 15.3. The van der Waals surface area contributed by atoms with Crippen LogP contribution in [0.5, 0.6) is 0 Å². The Bertz CT molecular complexity index is 1440. The molecule has 0 spiro atoms. The van der Waals surface area contributed by atoms with Crippen LogP contribution in [-0.4, -0.2) is 36.8 Å². The molecule has 2 aromatic heterocycles. The van der Waals surface area contributed by atoms with Crippen molar-refractivity contribution in [2.45, 2.75) is 45.3 Å². The molecule has 0 atom stereocenters. The van der Waals surface area contributed by atoms with Crippen molar-refractivity contribution in [1.82, 2.24) is 14.7 Å². The molecular formula is C29H34N3O3Si. The fraction of sp³-hybridized carbons (Fsp3) is 0.310. The van der Waals surface area contributed by atoms with E-state index in [9.17, 15) is 9.59 Å². The Morgan fingerprint density at radius 1 is 1.06 bits per heavy atom. The van der Waals surface area contributed by atoms with Crippen LogP contribution in [0.3, 0.4) is 0 Å². The summed E-state index contributed by atoms with van der Waals surface area (Å²) in [5.74, 6) is -0.262. The van der Waals surface area contributed by atoms with Gasteiger partial charge >= 0.3 is 0 Å². The number of rotatable bonds is 8. The average molecular weight is 501 g/mol. The van der Waals surface area contributed by atoms with E-state index in [0.29, 0.717) is 35.3 Å². The number of hydrogen-bond acceptors (Lipinski definition) is 4. The molecule has 2 aromatic carbocycles. The van der Waals surface area contributed by atoms with Crippen molar-refractivity contribution in [2.75, 3.05) is 13.2 Å². The molecule has 0 saturated carbocycles. The molecule has 2 heterocycles. The lowest BCUT2D eigenvalue weighted by molar-refractivity contribution is 0.0957. The van der Waals surface area contributed by atoms with Crippen molar-refractivity contribution < 1.29 is 9.22 Å². The summed E-state index contributed by atoms with van der Waals surface area (Å²) in [6, 6.07) is 19.0. The number of hydrogen-bond donors (Lipinski definition) is 1. The molecule has 36 heavy (non-hydrogen) atoms. The van der Waals surface area contributed by atoms with Gasteiger partial charge in [-0.05, 0) is 66.4 Å². The Labute approximate surface area is 213 Å². The van der Waals surface area contributed by atoms with Crippen molar-refractivity contribution >= 4 is 30.8 Å². The smallest absolute Gasteiger partial charge is 0.265 e. The van der Waals surface area contributed by atoms with E-state index in [4.69, 9.17) is 4.43 Å². The van der Waals surface area contributed by atoms with Crippen LogP contribution >= 0.6 is 0 Å². The number of carbonyl (C=O) groups is 1. The zero-order chi connectivity index (χ0) is 25.9. The Hall–Kier alpha value is -3.29. The van der Waals surface area contributed by atoms with Gasteiger partial charge in [-0.3, -0.25) is 14.0 Å². The second-order valence-electron chi connectivity index (χ2n) is 10.5. The van der Waals surface area contributed by atoms with Gasteiger partial charge in [-0.25, -0.2) is 4.98 Å². The minimum atomic E-state index is -1.77. The lowest BCUT2D eigenvalue weighted by Gasteiger charge is -2.36. The van der Waals surface area contributed by atoms with Gasteiger partial charge in [0.25, 0.3) is 11.5 Å². The summed E-state index contributed by atoms with van der Waals surface area (Å²) >= 11 is 0. The number of carbonyl (C=O) groups excluding carboxylic acids is 1. The quantitative estimate of drug-likeness (QED) is 0.187. The summed E-state index contributed by atoms with van der Waals surface area (Å²) in [7, 11) is -1.77. The van der Waals surface area contributed by atoms with E-state index in [1.165, 1.54) is 4.40 Å². The molecule has 0 aliphatic rings. The van der Waals surface area contributed by atoms with Crippen molar-refractivity contribution in [3.05, 3.63) is 89.2 Å². The number of nitrogens with zero attached hydrogens (tertiary/aromatic N) is 2. The highest BCUT2D eigenvalue weighted by Crippen LogP contribution is 2.36. The summed E-state index contributed by atoms with van der Waals surface area (Å²) < 4.78 is 7.63. The third-order valence-corrected chi connectivity index (χ3v) is 11.5. The van der Waals surface area contributed by atoms with Gasteiger partial charge in [-0.1, -0.05) is 57.2 Å². The van der Waals surface area contributed by atoms with Gasteiger partial charge in [0.1, 0.15) is 0 Å². The van der Waals surface area contributed by atoms with Crippen LogP contribution in [0.4, 0.5) is 0 Å². The van der Waals surface area contributed by atoms with Crippen molar-refractivity contribution in [1.29, 1.82) is 0 Å². The van der Waals surface area contributed by atoms with E-state index in [2.05, 4.69) is 44.2 Å². The predicted molar refractivity (Wildman–Crippen MR) is 149 cm³/mol. The minimum absolute atomic E-state index is 0.175. The summed E-state index contributed by atoms with van der Waals surface area (Å²) in [5, 5.41) is 3.61. The highest BCUT2D eigenvalue weighted by Gasteiger charge is 2.36. The zero-order valence-corrected chi connectivity index (χ0v) is 22.7. The lowest BCUT2D eigenvalue weighted by atomic mass is 10.0. The summed E-state index contributed by atoms with van der Waals surface area (Å²) in [4.78, 5) is 30.9. The molecule has 1 N–H and O–H groups in total. The summed E-state index contributed by atoms with van der Waals surface area (Å²) in [5.41, 5.74) is 3.06. The Balaban J connectivity index is 1.48. The van der Waals surface area contributed by atoms with Gasteiger partial charge in [-0.2, -0.15) is 0 Å². The Kier molecular flexibility index (Phi) is 7.43. The first-order chi connectivity index (χ1) is 17.1. The van der Waals surface area contributed by atoms with Crippen molar-refractivity contribution in [3.63, 3.8) is 0 Å². The Morgan fingerprint density at radius 3 is 2.53 bits per heavy atom. The number of amides is 1. The normalized spacial score (nSPS) is 12.2. The predicted octanol–water partition coefficient (Wildman–Crippen LogP) is 5.86. The lowest BCUT2D eigenvalue weighted by Crippen LogP contribution is -2.41. The van der Waals surface area contributed by atoms with E-state index in [1.807, 2.05) is 55.0 Å². The standard InChI is InChI=1S/C29H34N3O3Si/c1-29(2,3)36(4,5)35-19-10-9-17-30-27(33)23-14-11-18-32-26(23)31-25-16-15-22(20-24(25)28(32)34)21-12-7-6-8-13-21/h6-9,11-16,18,20H,10,17,19H2,1-5H3,(H,30,33). The topological polar surface area (TPSA) is 72.7 Å². The summed E-state index contributed by atoms with van der Waals surface area (Å²) in [6.07, 6.45) is 4.42. The molecule has 0 fully saturated rings. The monoisotopic (exact) mass is 500 g/mol. The molecule has 4 rings (SSSR count). The fourth-order valence-electron chi connectivity index (χ4n) is 3.79. The van der Waals surface area contributed by atoms with E-state index >= 15 is 0 Å². The highest BCUT2D eigenvalue weighted by atomic mass is 28.4. The van der Waals surface area contributed by atoms with Crippen LogP contribution in [0.1, 0.15) is 37.6 Å². The first-order valence-electron chi connectivity index (χ1n) is 12.3. The largest absolute Gasteiger partial charge is 0.417 e.